The molecule has 2 aliphatic rings. The number of carbonyl (C=O) groups is 1. The molecule has 1 saturated carbocycles. The molecule has 1 aliphatic heterocycles. The Bertz CT molecular complexity index is 438. The van der Waals surface area contributed by atoms with Crippen LogP contribution in [0.4, 0.5) is 0 Å². The van der Waals surface area contributed by atoms with E-state index in [9.17, 15) is 4.79 Å². The van der Waals surface area contributed by atoms with Crippen LogP contribution >= 0.6 is 0 Å². The molecule has 3 rings (SSSR count). The molecule has 1 fully saturated rings. The van der Waals surface area contributed by atoms with E-state index in [0.717, 1.165) is 44.5 Å². The first-order valence-electron chi connectivity index (χ1n) is 7.09. The number of fused-ring (bicyclic) bond motifs is 1. The van der Waals surface area contributed by atoms with Gasteiger partial charge in [-0.05, 0) is 43.2 Å². The highest BCUT2D eigenvalue weighted by Gasteiger charge is 2.29. The molecule has 1 aliphatic carbocycles. The monoisotopic (exact) mass is 244 g/mol. The van der Waals surface area contributed by atoms with Gasteiger partial charge in [0.25, 0.3) is 0 Å². The highest BCUT2D eigenvalue weighted by molar-refractivity contribution is 5.81. The van der Waals surface area contributed by atoms with Gasteiger partial charge in [0, 0.05) is 12.3 Å². The number of hydrogen-bond donors (Lipinski definition) is 0. The van der Waals surface area contributed by atoms with Crippen molar-refractivity contribution >= 4 is 5.78 Å². The van der Waals surface area contributed by atoms with E-state index < -0.39 is 0 Å². The Morgan fingerprint density at radius 2 is 2.00 bits per heavy atom. The van der Waals surface area contributed by atoms with Crippen LogP contribution < -0.4 is 4.74 Å². The summed E-state index contributed by atoms with van der Waals surface area (Å²) in [5, 5.41) is 0. The smallest absolute Gasteiger partial charge is 0.135 e. The van der Waals surface area contributed by atoms with Crippen LogP contribution in [0.3, 0.4) is 0 Å². The topological polar surface area (TPSA) is 26.3 Å². The molecule has 0 spiro atoms. The average molecular weight is 244 g/mol. The lowest BCUT2D eigenvalue weighted by atomic mass is 9.78. The fourth-order valence-electron chi connectivity index (χ4n) is 3.31. The molecule has 2 atom stereocenters. The van der Waals surface area contributed by atoms with Crippen molar-refractivity contribution in [2.24, 2.45) is 5.92 Å². The van der Waals surface area contributed by atoms with E-state index in [-0.39, 0.29) is 0 Å². The van der Waals surface area contributed by atoms with Gasteiger partial charge in [0.2, 0.25) is 0 Å². The molecule has 0 saturated heterocycles. The Labute approximate surface area is 108 Å². The number of carbonyl (C=O) groups excluding carboxylic acids is 1. The van der Waals surface area contributed by atoms with Crippen molar-refractivity contribution in [1.29, 1.82) is 0 Å². The van der Waals surface area contributed by atoms with Crippen LogP contribution in [0.1, 0.15) is 50.0 Å². The summed E-state index contributed by atoms with van der Waals surface area (Å²) >= 11 is 0. The van der Waals surface area contributed by atoms with Gasteiger partial charge in [-0.15, -0.1) is 0 Å². The van der Waals surface area contributed by atoms with E-state index in [4.69, 9.17) is 4.74 Å². The molecule has 1 aromatic rings. The Morgan fingerprint density at radius 3 is 2.89 bits per heavy atom. The largest absolute Gasteiger partial charge is 0.493 e. The predicted molar refractivity (Wildman–Crippen MR) is 70.9 cm³/mol. The zero-order valence-electron chi connectivity index (χ0n) is 10.7. The fraction of sp³-hybridized carbons (Fsp3) is 0.562. The summed E-state index contributed by atoms with van der Waals surface area (Å²) in [6, 6.07) is 8.30. The summed E-state index contributed by atoms with van der Waals surface area (Å²) < 4.78 is 5.68. The zero-order valence-corrected chi connectivity index (χ0v) is 10.7. The Hall–Kier alpha value is -1.31. The van der Waals surface area contributed by atoms with Gasteiger partial charge in [-0.3, -0.25) is 4.79 Å². The standard InChI is InChI=1S/C16H20O2/c17-15-7-3-1-5-13(15)11-12-9-10-18-16-8-4-2-6-14(12)16/h2,4,6,8,12-13H,1,3,5,7,9-11H2. The van der Waals surface area contributed by atoms with Gasteiger partial charge in [0.15, 0.2) is 0 Å². The molecule has 1 heterocycles. The third-order valence-corrected chi connectivity index (χ3v) is 4.33. The van der Waals surface area contributed by atoms with Crippen molar-refractivity contribution in [3.05, 3.63) is 29.8 Å². The van der Waals surface area contributed by atoms with E-state index in [1.807, 2.05) is 12.1 Å². The number of para-hydroxylation sites is 1. The van der Waals surface area contributed by atoms with Crippen LogP contribution in [0.25, 0.3) is 0 Å². The van der Waals surface area contributed by atoms with Crippen molar-refractivity contribution in [1.82, 2.24) is 0 Å². The minimum atomic E-state index is 0.301. The van der Waals surface area contributed by atoms with E-state index in [1.165, 1.54) is 12.0 Å². The number of ether oxygens (including phenoxy) is 1. The van der Waals surface area contributed by atoms with Gasteiger partial charge in [0.1, 0.15) is 11.5 Å². The van der Waals surface area contributed by atoms with Gasteiger partial charge in [-0.1, -0.05) is 24.6 Å². The molecule has 96 valence electrons. The van der Waals surface area contributed by atoms with E-state index in [2.05, 4.69) is 12.1 Å². The minimum absolute atomic E-state index is 0.301. The van der Waals surface area contributed by atoms with Crippen molar-refractivity contribution in [2.75, 3.05) is 6.61 Å². The van der Waals surface area contributed by atoms with E-state index in [0.29, 0.717) is 17.6 Å². The van der Waals surface area contributed by atoms with Crippen LogP contribution in [0, 0.1) is 5.92 Å². The summed E-state index contributed by atoms with van der Waals surface area (Å²) in [5.41, 5.74) is 1.31. The van der Waals surface area contributed by atoms with Gasteiger partial charge in [-0.25, -0.2) is 0 Å². The number of ketones is 1. The maximum atomic E-state index is 11.9. The lowest BCUT2D eigenvalue weighted by molar-refractivity contribution is -0.125. The van der Waals surface area contributed by atoms with Crippen molar-refractivity contribution < 1.29 is 9.53 Å². The maximum Gasteiger partial charge on any atom is 0.135 e. The quantitative estimate of drug-likeness (QED) is 0.793. The first kappa shape index (κ1) is 11.8. The number of hydrogen-bond acceptors (Lipinski definition) is 2. The summed E-state index contributed by atoms with van der Waals surface area (Å²) in [7, 11) is 0. The van der Waals surface area contributed by atoms with E-state index in [1.54, 1.807) is 0 Å². The zero-order chi connectivity index (χ0) is 12.4. The molecule has 0 amide bonds. The second-order valence-corrected chi connectivity index (χ2v) is 5.52. The van der Waals surface area contributed by atoms with Crippen LogP contribution in [0.15, 0.2) is 24.3 Å². The van der Waals surface area contributed by atoms with Crippen LogP contribution in [0.2, 0.25) is 0 Å². The van der Waals surface area contributed by atoms with Crippen LogP contribution in [-0.2, 0) is 4.79 Å². The molecule has 0 bridgehead atoms. The maximum absolute atomic E-state index is 11.9. The predicted octanol–water partition coefficient (Wildman–Crippen LogP) is 3.70. The van der Waals surface area contributed by atoms with Gasteiger partial charge < -0.3 is 4.74 Å². The summed E-state index contributed by atoms with van der Waals surface area (Å²) in [6.07, 6.45) is 6.30. The molecule has 2 nitrogen and oxygen atoms in total. The summed E-state index contributed by atoms with van der Waals surface area (Å²) in [6.45, 7) is 0.794. The van der Waals surface area contributed by atoms with Gasteiger partial charge in [0.05, 0.1) is 6.61 Å². The van der Waals surface area contributed by atoms with Gasteiger partial charge in [-0.2, -0.15) is 0 Å². The Kier molecular flexibility index (Phi) is 3.35. The molecular formula is C16H20O2. The molecule has 0 aromatic heterocycles. The molecule has 2 heteroatoms. The third kappa shape index (κ3) is 2.29. The minimum Gasteiger partial charge on any atom is -0.493 e. The highest BCUT2D eigenvalue weighted by atomic mass is 16.5. The third-order valence-electron chi connectivity index (χ3n) is 4.33. The number of rotatable bonds is 2. The summed E-state index contributed by atoms with van der Waals surface area (Å²) in [4.78, 5) is 11.9. The van der Waals surface area contributed by atoms with Crippen LogP contribution in [0.5, 0.6) is 5.75 Å². The number of Topliss-reactive ketones (excluding diaryl/α,β-unsaturated/α-hetero) is 1. The van der Waals surface area contributed by atoms with E-state index >= 15 is 0 Å². The average Bonchev–Trinajstić information content (AvgIpc) is 2.42. The van der Waals surface area contributed by atoms with Crippen molar-refractivity contribution in [3.63, 3.8) is 0 Å². The number of benzene rings is 1. The normalized spacial score (nSPS) is 27.4. The summed E-state index contributed by atoms with van der Waals surface area (Å²) in [5.74, 6) is 2.33. The van der Waals surface area contributed by atoms with Gasteiger partial charge >= 0.3 is 0 Å². The Morgan fingerprint density at radius 1 is 1.11 bits per heavy atom. The first-order valence-corrected chi connectivity index (χ1v) is 7.09. The Balaban J connectivity index is 1.75. The van der Waals surface area contributed by atoms with Crippen molar-refractivity contribution in [3.8, 4) is 5.75 Å². The molecule has 1 aromatic carbocycles. The molecule has 0 radical (unpaired) electrons. The molecule has 2 unspecified atom stereocenters. The fourth-order valence-corrected chi connectivity index (χ4v) is 3.31. The second-order valence-electron chi connectivity index (χ2n) is 5.52. The second kappa shape index (κ2) is 5.13. The molecule has 0 N–H and O–H groups in total. The highest BCUT2D eigenvalue weighted by Crippen LogP contribution is 2.39. The van der Waals surface area contributed by atoms with Crippen molar-refractivity contribution in [2.45, 2.75) is 44.4 Å². The lowest BCUT2D eigenvalue weighted by Crippen LogP contribution is -2.24. The molecule has 18 heavy (non-hydrogen) atoms. The SMILES string of the molecule is O=C1CCCCC1CC1CCOc2ccccc21. The van der Waals surface area contributed by atoms with Crippen LogP contribution in [-0.4, -0.2) is 12.4 Å². The molecular weight excluding hydrogens is 224 g/mol. The lowest BCUT2D eigenvalue weighted by Gasteiger charge is -2.30. The first-order chi connectivity index (χ1) is 8.84.